The number of anilines is 1. The summed E-state index contributed by atoms with van der Waals surface area (Å²) in [5.74, 6) is -0.185. The second-order valence-electron chi connectivity index (χ2n) is 4.69. The van der Waals surface area contributed by atoms with E-state index in [0.717, 1.165) is 24.3 Å². The normalized spacial score (nSPS) is 15.7. The molecule has 102 valence electrons. The van der Waals surface area contributed by atoms with Crippen LogP contribution in [0.4, 0.5) is 5.69 Å². The Morgan fingerprint density at radius 3 is 2.74 bits per heavy atom. The van der Waals surface area contributed by atoms with E-state index < -0.39 is 0 Å². The van der Waals surface area contributed by atoms with Crippen LogP contribution in [0.15, 0.2) is 18.3 Å². The summed E-state index contributed by atoms with van der Waals surface area (Å²) in [5, 5.41) is 3.27. The third-order valence-electron chi connectivity index (χ3n) is 3.10. The number of likely N-dealkylation sites (tertiary alicyclic amines) is 1. The first-order valence-electron chi connectivity index (χ1n) is 6.72. The molecular formula is C14H19N3O2. The molecular weight excluding hydrogens is 242 g/mol. The SMILES string of the molecule is CCCNc1ccnc(CN2C(=O)CCCC2=O)c1. The molecule has 5 nitrogen and oxygen atoms in total. The number of hydrogen-bond donors (Lipinski definition) is 1. The minimum atomic E-state index is -0.0926. The summed E-state index contributed by atoms with van der Waals surface area (Å²) in [4.78, 5) is 29.0. The van der Waals surface area contributed by atoms with E-state index in [1.165, 1.54) is 4.90 Å². The van der Waals surface area contributed by atoms with E-state index in [9.17, 15) is 9.59 Å². The molecule has 1 N–H and O–H groups in total. The van der Waals surface area contributed by atoms with Gasteiger partial charge in [-0.3, -0.25) is 19.5 Å². The van der Waals surface area contributed by atoms with Crippen molar-refractivity contribution in [2.75, 3.05) is 11.9 Å². The van der Waals surface area contributed by atoms with E-state index in [2.05, 4.69) is 17.2 Å². The van der Waals surface area contributed by atoms with Gasteiger partial charge in [-0.05, 0) is 25.0 Å². The molecule has 0 radical (unpaired) electrons. The van der Waals surface area contributed by atoms with Crippen LogP contribution in [0.1, 0.15) is 38.3 Å². The Morgan fingerprint density at radius 1 is 1.32 bits per heavy atom. The van der Waals surface area contributed by atoms with E-state index in [4.69, 9.17) is 0 Å². The summed E-state index contributed by atoms with van der Waals surface area (Å²) in [5.41, 5.74) is 1.72. The zero-order valence-electron chi connectivity index (χ0n) is 11.2. The van der Waals surface area contributed by atoms with E-state index >= 15 is 0 Å². The van der Waals surface area contributed by atoms with E-state index in [1.807, 2.05) is 12.1 Å². The van der Waals surface area contributed by atoms with E-state index in [1.54, 1.807) is 6.20 Å². The molecule has 1 aliphatic heterocycles. The molecule has 0 unspecified atom stereocenters. The van der Waals surface area contributed by atoms with Gasteiger partial charge in [0.15, 0.2) is 0 Å². The van der Waals surface area contributed by atoms with Crippen LogP contribution < -0.4 is 5.32 Å². The maximum atomic E-state index is 11.7. The van der Waals surface area contributed by atoms with Gasteiger partial charge in [-0.15, -0.1) is 0 Å². The smallest absolute Gasteiger partial charge is 0.229 e. The number of amides is 2. The van der Waals surface area contributed by atoms with Crippen LogP contribution in [0.5, 0.6) is 0 Å². The molecule has 1 fully saturated rings. The first kappa shape index (κ1) is 13.5. The van der Waals surface area contributed by atoms with Crippen LogP contribution in [-0.2, 0) is 16.1 Å². The van der Waals surface area contributed by atoms with Crippen LogP contribution in [0, 0.1) is 0 Å². The van der Waals surface area contributed by atoms with E-state index in [-0.39, 0.29) is 18.4 Å². The summed E-state index contributed by atoms with van der Waals surface area (Å²) in [6, 6.07) is 3.78. The molecule has 0 atom stereocenters. The predicted octanol–water partition coefficient (Wildman–Crippen LogP) is 1.94. The molecule has 1 saturated heterocycles. The van der Waals surface area contributed by atoms with Crippen molar-refractivity contribution in [1.29, 1.82) is 0 Å². The highest BCUT2D eigenvalue weighted by Crippen LogP contribution is 2.16. The number of pyridine rings is 1. The lowest BCUT2D eigenvalue weighted by atomic mass is 10.1. The molecule has 2 rings (SSSR count). The fourth-order valence-electron chi connectivity index (χ4n) is 2.08. The number of imide groups is 1. The molecule has 5 heteroatoms. The van der Waals surface area contributed by atoms with Gasteiger partial charge in [-0.1, -0.05) is 6.92 Å². The Balaban J connectivity index is 2.05. The lowest BCUT2D eigenvalue weighted by molar-refractivity contribution is -0.148. The topological polar surface area (TPSA) is 62.3 Å². The van der Waals surface area contributed by atoms with Crippen molar-refractivity contribution in [1.82, 2.24) is 9.88 Å². The monoisotopic (exact) mass is 261 g/mol. The van der Waals surface area contributed by atoms with Crippen molar-refractivity contribution >= 4 is 17.5 Å². The van der Waals surface area contributed by atoms with Crippen molar-refractivity contribution < 1.29 is 9.59 Å². The number of nitrogens with zero attached hydrogens (tertiary/aromatic N) is 2. The van der Waals surface area contributed by atoms with Crippen LogP contribution in [-0.4, -0.2) is 28.2 Å². The van der Waals surface area contributed by atoms with Crippen molar-refractivity contribution in [3.05, 3.63) is 24.0 Å². The third-order valence-corrected chi connectivity index (χ3v) is 3.10. The lowest BCUT2D eigenvalue weighted by Gasteiger charge is -2.24. The lowest BCUT2D eigenvalue weighted by Crippen LogP contribution is -2.39. The molecule has 0 aliphatic carbocycles. The van der Waals surface area contributed by atoms with Gasteiger partial charge in [-0.2, -0.15) is 0 Å². The molecule has 2 amide bonds. The minimum absolute atomic E-state index is 0.0926. The highest BCUT2D eigenvalue weighted by molar-refractivity contribution is 5.97. The summed E-state index contributed by atoms with van der Waals surface area (Å²) in [6.07, 6.45) is 4.33. The number of aromatic nitrogens is 1. The number of hydrogen-bond acceptors (Lipinski definition) is 4. The number of piperidine rings is 1. The molecule has 0 spiro atoms. The second kappa shape index (κ2) is 6.31. The molecule has 1 aromatic heterocycles. The number of carbonyl (C=O) groups is 2. The van der Waals surface area contributed by atoms with Gasteiger partial charge in [-0.25, -0.2) is 0 Å². The zero-order chi connectivity index (χ0) is 13.7. The fraction of sp³-hybridized carbons (Fsp3) is 0.500. The standard InChI is InChI=1S/C14H19N3O2/c1-2-7-15-11-6-8-16-12(9-11)10-17-13(18)4-3-5-14(17)19/h6,8-9H,2-5,7,10H2,1H3,(H,15,16). The quantitative estimate of drug-likeness (QED) is 0.823. The highest BCUT2D eigenvalue weighted by atomic mass is 16.2. The maximum absolute atomic E-state index is 11.7. The summed E-state index contributed by atoms with van der Waals surface area (Å²) in [7, 11) is 0. The van der Waals surface area contributed by atoms with Gasteiger partial charge in [0.2, 0.25) is 11.8 Å². The summed E-state index contributed by atoms with van der Waals surface area (Å²) < 4.78 is 0. The van der Waals surface area contributed by atoms with Crippen LogP contribution >= 0.6 is 0 Å². The Labute approximate surface area is 113 Å². The largest absolute Gasteiger partial charge is 0.385 e. The maximum Gasteiger partial charge on any atom is 0.229 e. The molecule has 0 saturated carbocycles. The summed E-state index contributed by atoms with van der Waals surface area (Å²) in [6.45, 7) is 3.27. The molecule has 2 heterocycles. The average molecular weight is 261 g/mol. The van der Waals surface area contributed by atoms with Gasteiger partial charge >= 0.3 is 0 Å². The second-order valence-corrected chi connectivity index (χ2v) is 4.69. The van der Waals surface area contributed by atoms with Crippen molar-refractivity contribution in [3.63, 3.8) is 0 Å². The number of carbonyl (C=O) groups excluding carboxylic acids is 2. The summed E-state index contributed by atoms with van der Waals surface area (Å²) >= 11 is 0. The van der Waals surface area contributed by atoms with Crippen molar-refractivity contribution in [2.24, 2.45) is 0 Å². The van der Waals surface area contributed by atoms with Crippen molar-refractivity contribution in [3.8, 4) is 0 Å². The molecule has 0 aromatic carbocycles. The van der Waals surface area contributed by atoms with Gasteiger partial charge < -0.3 is 5.32 Å². The zero-order valence-corrected chi connectivity index (χ0v) is 11.2. The third kappa shape index (κ3) is 3.53. The Kier molecular flexibility index (Phi) is 4.49. The van der Waals surface area contributed by atoms with Gasteiger partial charge in [0, 0.05) is 31.3 Å². The van der Waals surface area contributed by atoms with Crippen LogP contribution in [0.3, 0.4) is 0 Å². The van der Waals surface area contributed by atoms with E-state index in [0.29, 0.717) is 19.3 Å². The number of rotatable bonds is 5. The Morgan fingerprint density at radius 2 is 2.05 bits per heavy atom. The minimum Gasteiger partial charge on any atom is -0.385 e. The van der Waals surface area contributed by atoms with Gasteiger partial charge in [0.05, 0.1) is 12.2 Å². The fourth-order valence-corrected chi connectivity index (χ4v) is 2.08. The Hall–Kier alpha value is -1.91. The molecule has 19 heavy (non-hydrogen) atoms. The van der Waals surface area contributed by atoms with Gasteiger partial charge in [0.1, 0.15) is 0 Å². The first-order chi connectivity index (χ1) is 9.20. The van der Waals surface area contributed by atoms with Crippen molar-refractivity contribution in [2.45, 2.75) is 39.2 Å². The molecule has 1 aromatic rings. The van der Waals surface area contributed by atoms with Crippen LogP contribution in [0.2, 0.25) is 0 Å². The van der Waals surface area contributed by atoms with Crippen LogP contribution in [0.25, 0.3) is 0 Å². The molecule has 0 bridgehead atoms. The highest BCUT2D eigenvalue weighted by Gasteiger charge is 2.26. The Bertz CT molecular complexity index is 458. The van der Waals surface area contributed by atoms with Gasteiger partial charge in [0.25, 0.3) is 0 Å². The predicted molar refractivity (Wildman–Crippen MR) is 72.4 cm³/mol. The first-order valence-corrected chi connectivity index (χ1v) is 6.72. The molecule has 1 aliphatic rings. The average Bonchev–Trinajstić information content (AvgIpc) is 2.41. The number of nitrogens with one attached hydrogen (secondary N) is 1.